The van der Waals surface area contributed by atoms with Crippen molar-refractivity contribution in [2.45, 2.75) is 11.8 Å². The van der Waals surface area contributed by atoms with Gasteiger partial charge in [0.05, 0.1) is 10.4 Å². The van der Waals surface area contributed by atoms with Crippen LogP contribution in [-0.4, -0.2) is 44.5 Å². The number of likely N-dealkylation sites (N-methyl/N-ethyl adjacent to an activating group) is 1. The molecule has 0 unspecified atom stereocenters. The van der Waals surface area contributed by atoms with E-state index in [1.54, 1.807) is 36.4 Å². The van der Waals surface area contributed by atoms with Crippen LogP contribution in [0.3, 0.4) is 0 Å². The van der Waals surface area contributed by atoms with Crippen LogP contribution in [0.4, 0.5) is 0 Å². The maximum absolute atomic E-state index is 14.0. The summed E-state index contributed by atoms with van der Waals surface area (Å²) in [6.45, 7) is 2.99. The van der Waals surface area contributed by atoms with Crippen molar-refractivity contribution in [3.05, 3.63) is 81.8 Å². The molecular weight excluding hydrogens is 524 g/mol. The molecule has 1 heterocycles. The number of nitrogens with zero attached hydrogens (tertiary/aromatic N) is 2. The quantitative estimate of drug-likeness (QED) is 0.276. The van der Waals surface area contributed by atoms with E-state index in [0.717, 1.165) is 11.1 Å². The molecule has 172 valence electrons. The van der Waals surface area contributed by atoms with Crippen molar-refractivity contribution in [2.24, 2.45) is 0 Å². The topological polar surface area (TPSA) is 51.5 Å². The number of halogens is 2. The Balaban J connectivity index is 2.09. The fourth-order valence-electron chi connectivity index (χ4n) is 3.65. The summed E-state index contributed by atoms with van der Waals surface area (Å²) in [5.74, 6) is 0.483. The van der Waals surface area contributed by atoms with E-state index >= 15 is 0 Å². The SMILES string of the molecule is Cc1ccc(S(=O)(=O)n2c(-c3ccccc3)c(OCCN(C)C)c3cc(Cl)cc(Br)c32)cc1. The predicted octanol–water partition coefficient (Wildman–Crippen LogP) is 6.21. The van der Waals surface area contributed by atoms with Crippen LogP contribution >= 0.6 is 27.5 Å². The highest BCUT2D eigenvalue weighted by atomic mass is 79.9. The zero-order chi connectivity index (χ0) is 23.8. The molecule has 0 saturated heterocycles. The van der Waals surface area contributed by atoms with E-state index in [9.17, 15) is 8.42 Å². The van der Waals surface area contributed by atoms with Crippen LogP contribution in [0.25, 0.3) is 22.2 Å². The first kappa shape index (κ1) is 23.8. The molecule has 3 aromatic carbocycles. The van der Waals surface area contributed by atoms with Crippen molar-refractivity contribution >= 4 is 48.5 Å². The van der Waals surface area contributed by atoms with Crippen LogP contribution in [0.2, 0.25) is 5.02 Å². The van der Waals surface area contributed by atoms with Gasteiger partial charge in [0.2, 0.25) is 0 Å². The fraction of sp³-hybridized carbons (Fsp3) is 0.200. The molecule has 1 aromatic heterocycles. The second-order valence-corrected chi connectivity index (χ2v) is 11.1. The van der Waals surface area contributed by atoms with E-state index in [-0.39, 0.29) is 4.90 Å². The van der Waals surface area contributed by atoms with E-state index in [4.69, 9.17) is 16.3 Å². The summed E-state index contributed by atoms with van der Waals surface area (Å²) in [7, 11) is -0.0471. The van der Waals surface area contributed by atoms with Crippen LogP contribution < -0.4 is 4.74 Å². The highest BCUT2D eigenvalue weighted by Crippen LogP contribution is 2.45. The zero-order valence-electron chi connectivity index (χ0n) is 18.5. The molecule has 0 aliphatic heterocycles. The molecule has 0 spiro atoms. The summed E-state index contributed by atoms with van der Waals surface area (Å²) in [5, 5.41) is 1.11. The number of hydrogen-bond donors (Lipinski definition) is 0. The Kier molecular flexibility index (Phi) is 6.86. The number of aryl methyl sites for hydroxylation is 1. The highest BCUT2D eigenvalue weighted by Gasteiger charge is 2.30. The number of benzene rings is 3. The van der Waals surface area contributed by atoms with E-state index in [2.05, 4.69) is 15.9 Å². The van der Waals surface area contributed by atoms with E-state index < -0.39 is 10.0 Å². The van der Waals surface area contributed by atoms with Gasteiger partial charge in [0.1, 0.15) is 12.3 Å². The van der Waals surface area contributed by atoms with Crippen molar-refractivity contribution in [2.75, 3.05) is 27.2 Å². The summed E-state index contributed by atoms with van der Waals surface area (Å²) >= 11 is 9.94. The molecule has 0 N–H and O–H groups in total. The van der Waals surface area contributed by atoms with Gasteiger partial charge in [-0.1, -0.05) is 59.6 Å². The first-order valence-electron chi connectivity index (χ1n) is 10.4. The normalized spacial score (nSPS) is 11.9. The predicted molar refractivity (Wildman–Crippen MR) is 138 cm³/mol. The van der Waals surface area contributed by atoms with Gasteiger partial charge in [-0.3, -0.25) is 0 Å². The molecule has 5 nitrogen and oxygen atoms in total. The van der Waals surface area contributed by atoms with Gasteiger partial charge in [0.15, 0.2) is 5.75 Å². The Morgan fingerprint density at radius 1 is 1.03 bits per heavy atom. The number of hydrogen-bond acceptors (Lipinski definition) is 4. The molecule has 0 aliphatic carbocycles. The Hall–Kier alpha value is -2.32. The monoisotopic (exact) mass is 546 g/mol. The minimum Gasteiger partial charge on any atom is -0.489 e. The van der Waals surface area contributed by atoms with Gasteiger partial charge < -0.3 is 9.64 Å². The van der Waals surface area contributed by atoms with Gasteiger partial charge in [-0.25, -0.2) is 12.4 Å². The Bertz CT molecular complexity index is 1400. The van der Waals surface area contributed by atoms with Crippen LogP contribution in [0.1, 0.15) is 5.56 Å². The standard InChI is InChI=1S/C25H24BrClN2O3S/c1-17-9-11-20(12-10-17)33(30,31)29-23(18-7-5-4-6-8-18)25(32-14-13-28(2)3)21-15-19(27)16-22(26)24(21)29/h4-12,15-16H,13-14H2,1-3H3. The van der Waals surface area contributed by atoms with Crippen LogP contribution in [0.5, 0.6) is 5.75 Å². The molecule has 4 rings (SSSR count). The molecule has 0 saturated carbocycles. The number of rotatable bonds is 7. The third-order valence-corrected chi connectivity index (χ3v) is 7.82. The highest BCUT2D eigenvalue weighted by molar-refractivity contribution is 9.10. The number of ether oxygens (including phenoxy) is 1. The second-order valence-electron chi connectivity index (χ2n) is 8.06. The van der Waals surface area contributed by atoms with Crippen LogP contribution in [0.15, 0.2) is 76.1 Å². The fourth-order valence-corrected chi connectivity index (χ4v) is 6.32. The summed E-state index contributed by atoms with van der Waals surface area (Å²) in [6.07, 6.45) is 0. The molecular formula is C25H24BrClN2O3S. The third kappa shape index (κ3) is 4.68. The maximum Gasteiger partial charge on any atom is 0.268 e. The van der Waals surface area contributed by atoms with Crippen molar-refractivity contribution in [3.8, 4) is 17.0 Å². The Morgan fingerprint density at radius 2 is 1.70 bits per heavy atom. The largest absolute Gasteiger partial charge is 0.489 e. The van der Waals surface area contributed by atoms with Crippen molar-refractivity contribution < 1.29 is 13.2 Å². The summed E-state index contributed by atoms with van der Waals surface area (Å²) in [4.78, 5) is 2.21. The average Bonchev–Trinajstić information content (AvgIpc) is 3.10. The van der Waals surface area contributed by atoms with E-state index in [0.29, 0.717) is 45.0 Å². The molecule has 33 heavy (non-hydrogen) atoms. The molecule has 0 atom stereocenters. The number of aromatic nitrogens is 1. The molecule has 0 aliphatic rings. The smallest absolute Gasteiger partial charge is 0.268 e. The summed E-state index contributed by atoms with van der Waals surface area (Å²) in [5.41, 5.74) is 2.66. The number of fused-ring (bicyclic) bond motifs is 1. The van der Waals surface area contributed by atoms with Crippen molar-refractivity contribution in [1.29, 1.82) is 0 Å². The minimum atomic E-state index is -3.96. The van der Waals surface area contributed by atoms with Gasteiger partial charge in [-0.2, -0.15) is 0 Å². The first-order valence-corrected chi connectivity index (χ1v) is 13.0. The van der Waals surface area contributed by atoms with Crippen LogP contribution in [0, 0.1) is 6.92 Å². The van der Waals surface area contributed by atoms with Crippen LogP contribution in [-0.2, 0) is 10.0 Å². The Labute approximate surface area is 207 Å². The van der Waals surface area contributed by atoms with Gasteiger partial charge in [-0.05, 0) is 61.2 Å². The first-order chi connectivity index (χ1) is 15.7. The third-order valence-electron chi connectivity index (χ3n) is 5.29. The molecule has 4 aromatic rings. The lowest BCUT2D eigenvalue weighted by Crippen LogP contribution is -2.19. The minimum absolute atomic E-state index is 0.198. The van der Waals surface area contributed by atoms with Crippen molar-refractivity contribution in [3.63, 3.8) is 0 Å². The lowest BCUT2D eigenvalue weighted by atomic mass is 10.1. The second kappa shape index (κ2) is 9.50. The molecule has 8 heteroatoms. The van der Waals surface area contributed by atoms with Gasteiger partial charge in [0, 0.05) is 27.0 Å². The molecule has 0 radical (unpaired) electrons. The van der Waals surface area contributed by atoms with Gasteiger partial charge >= 0.3 is 0 Å². The average molecular weight is 548 g/mol. The van der Waals surface area contributed by atoms with E-state index in [1.807, 2.05) is 56.3 Å². The molecule has 0 fully saturated rings. The zero-order valence-corrected chi connectivity index (χ0v) is 21.7. The van der Waals surface area contributed by atoms with Gasteiger partial charge in [-0.15, -0.1) is 0 Å². The lowest BCUT2D eigenvalue weighted by Gasteiger charge is -2.15. The molecule has 0 bridgehead atoms. The summed E-state index contributed by atoms with van der Waals surface area (Å²) < 4.78 is 36.3. The lowest BCUT2D eigenvalue weighted by molar-refractivity contribution is 0.264. The molecule has 0 amide bonds. The summed E-state index contributed by atoms with van der Waals surface area (Å²) in [6, 6.07) is 19.7. The Morgan fingerprint density at radius 3 is 2.33 bits per heavy atom. The van der Waals surface area contributed by atoms with Gasteiger partial charge in [0.25, 0.3) is 10.0 Å². The van der Waals surface area contributed by atoms with Crippen molar-refractivity contribution in [1.82, 2.24) is 8.87 Å². The maximum atomic E-state index is 14.0. The van der Waals surface area contributed by atoms with E-state index in [1.165, 1.54) is 3.97 Å².